The molecule has 0 spiro atoms. The normalized spacial score (nSPS) is 25.9. The minimum absolute atomic E-state index is 0.376. The zero-order chi connectivity index (χ0) is 9.84. The van der Waals surface area contributed by atoms with E-state index in [1.54, 1.807) is 0 Å². The molecule has 13 heavy (non-hydrogen) atoms. The second-order valence-corrected chi connectivity index (χ2v) is 4.22. The highest BCUT2D eigenvalue weighted by atomic mass is 16.5. The smallest absolute Gasteiger partial charge is 0.0735 e. The molecule has 0 fully saturated rings. The van der Waals surface area contributed by atoms with Gasteiger partial charge in [-0.1, -0.05) is 25.5 Å². The van der Waals surface area contributed by atoms with Crippen molar-refractivity contribution in [1.29, 1.82) is 0 Å². The summed E-state index contributed by atoms with van der Waals surface area (Å²) in [5.74, 6) is 0.657. The Hall–Kier alpha value is -0.340. The van der Waals surface area contributed by atoms with Gasteiger partial charge < -0.3 is 9.64 Å². The molecular weight excluding hydrogens is 162 g/mol. The topological polar surface area (TPSA) is 12.5 Å². The van der Waals surface area contributed by atoms with Crippen LogP contribution < -0.4 is 0 Å². The Balaban J connectivity index is 2.64. The maximum absolute atomic E-state index is 5.44. The van der Waals surface area contributed by atoms with Gasteiger partial charge in [-0.05, 0) is 19.4 Å². The van der Waals surface area contributed by atoms with Crippen LogP contribution in [0.25, 0.3) is 0 Å². The molecule has 0 N–H and O–H groups in total. The molecule has 0 saturated carbocycles. The summed E-state index contributed by atoms with van der Waals surface area (Å²) in [6.45, 7) is 6.62. The first-order chi connectivity index (χ1) is 6.13. The van der Waals surface area contributed by atoms with E-state index in [4.69, 9.17) is 4.74 Å². The predicted molar refractivity (Wildman–Crippen MR) is 55.8 cm³/mol. The van der Waals surface area contributed by atoms with Gasteiger partial charge in [0, 0.05) is 20.2 Å². The Labute approximate surface area is 81.6 Å². The van der Waals surface area contributed by atoms with Crippen LogP contribution in [0.5, 0.6) is 0 Å². The minimum Gasteiger partial charge on any atom is -0.380 e. The third-order valence-electron chi connectivity index (χ3n) is 2.72. The molecule has 0 unspecified atom stereocenters. The van der Waals surface area contributed by atoms with E-state index in [0.717, 1.165) is 19.5 Å². The number of ether oxygens (including phenoxy) is 1. The monoisotopic (exact) mass is 183 g/mol. The minimum atomic E-state index is 0.376. The molecule has 0 aromatic heterocycles. The molecular formula is C11H21NO. The zero-order valence-corrected chi connectivity index (χ0v) is 9.21. The van der Waals surface area contributed by atoms with E-state index < -0.39 is 0 Å². The molecule has 0 aromatic rings. The van der Waals surface area contributed by atoms with Crippen LogP contribution in [0.1, 0.15) is 20.3 Å². The van der Waals surface area contributed by atoms with Crippen molar-refractivity contribution in [2.75, 3.05) is 27.2 Å². The summed E-state index contributed by atoms with van der Waals surface area (Å²) in [6.07, 6.45) is 3.82. The number of hydrogen-bond acceptors (Lipinski definition) is 2. The lowest BCUT2D eigenvalue weighted by molar-refractivity contribution is 0.0776. The molecule has 0 amide bonds. The van der Waals surface area contributed by atoms with Gasteiger partial charge >= 0.3 is 0 Å². The highest BCUT2D eigenvalue weighted by molar-refractivity contribution is 5.09. The van der Waals surface area contributed by atoms with Crippen LogP contribution in [0, 0.1) is 5.92 Å². The van der Waals surface area contributed by atoms with Gasteiger partial charge in [0.25, 0.3) is 0 Å². The Morgan fingerprint density at radius 1 is 1.54 bits per heavy atom. The highest BCUT2D eigenvalue weighted by Gasteiger charge is 2.17. The van der Waals surface area contributed by atoms with E-state index in [1.807, 2.05) is 7.11 Å². The van der Waals surface area contributed by atoms with Crippen LogP contribution in [0.15, 0.2) is 11.6 Å². The van der Waals surface area contributed by atoms with E-state index in [1.165, 1.54) is 5.57 Å². The summed E-state index contributed by atoms with van der Waals surface area (Å²) in [7, 11) is 3.95. The summed E-state index contributed by atoms with van der Waals surface area (Å²) in [4.78, 5) is 2.31. The second kappa shape index (κ2) is 4.77. The van der Waals surface area contributed by atoms with Gasteiger partial charge in [-0.25, -0.2) is 0 Å². The van der Waals surface area contributed by atoms with Crippen molar-refractivity contribution in [2.24, 2.45) is 5.92 Å². The third kappa shape index (κ3) is 3.12. The molecule has 0 radical (unpaired) electrons. The Kier molecular flexibility index (Phi) is 3.94. The van der Waals surface area contributed by atoms with Gasteiger partial charge in [-0.15, -0.1) is 0 Å². The van der Waals surface area contributed by atoms with E-state index >= 15 is 0 Å². The SMILES string of the molecule is CO[C@@H]1CC(C(C)C)=CCN(C)C1. The molecule has 0 aromatic carbocycles. The first-order valence-electron chi connectivity index (χ1n) is 5.03. The van der Waals surface area contributed by atoms with Gasteiger partial charge in [-0.2, -0.15) is 0 Å². The van der Waals surface area contributed by atoms with E-state index in [2.05, 4.69) is 31.9 Å². The average molecular weight is 183 g/mol. The second-order valence-electron chi connectivity index (χ2n) is 4.22. The lowest BCUT2D eigenvalue weighted by Gasteiger charge is -2.19. The van der Waals surface area contributed by atoms with Gasteiger partial charge in [0.2, 0.25) is 0 Å². The number of likely N-dealkylation sites (N-methyl/N-ethyl adjacent to an activating group) is 1. The molecule has 0 aliphatic carbocycles. The summed E-state index contributed by atoms with van der Waals surface area (Å²) >= 11 is 0. The summed E-state index contributed by atoms with van der Waals surface area (Å²) < 4.78 is 5.44. The maximum Gasteiger partial charge on any atom is 0.0735 e. The van der Waals surface area contributed by atoms with Crippen LogP contribution in [-0.2, 0) is 4.74 Å². The number of hydrogen-bond donors (Lipinski definition) is 0. The van der Waals surface area contributed by atoms with Crippen molar-refractivity contribution in [3.05, 3.63) is 11.6 Å². The molecule has 1 rings (SSSR count). The Bertz CT molecular complexity index is 187. The van der Waals surface area contributed by atoms with Crippen LogP contribution in [0.3, 0.4) is 0 Å². The van der Waals surface area contributed by atoms with Crippen molar-refractivity contribution in [3.8, 4) is 0 Å². The van der Waals surface area contributed by atoms with Crippen LogP contribution >= 0.6 is 0 Å². The van der Waals surface area contributed by atoms with Crippen LogP contribution in [0.4, 0.5) is 0 Å². The predicted octanol–water partition coefficient (Wildman–Crippen LogP) is 1.92. The Morgan fingerprint density at radius 2 is 2.23 bits per heavy atom. The van der Waals surface area contributed by atoms with Crippen molar-refractivity contribution in [2.45, 2.75) is 26.4 Å². The van der Waals surface area contributed by atoms with Gasteiger partial charge in [0.05, 0.1) is 6.10 Å². The molecule has 0 saturated heterocycles. The molecule has 1 atom stereocenters. The fourth-order valence-corrected chi connectivity index (χ4v) is 1.74. The number of methoxy groups -OCH3 is 1. The van der Waals surface area contributed by atoms with Gasteiger partial charge in [-0.3, -0.25) is 0 Å². The lowest BCUT2D eigenvalue weighted by atomic mass is 9.97. The third-order valence-corrected chi connectivity index (χ3v) is 2.72. The maximum atomic E-state index is 5.44. The Morgan fingerprint density at radius 3 is 2.77 bits per heavy atom. The van der Waals surface area contributed by atoms with E-state index in [-0.39, 0.29) is 0 Å². The van der Waals surface area contributed by atoms with Crippen LogP contribution in [0.2, 0.25) is 0 Å². The fourth-order valence-electron chi connectivity index (χ4n) is 1.74. The van der Waals surface area contributed by atoms with Gasteiger partial charge in [0.15, 0.2) is 0 Å². The summed E-state index contributed by atoms with van der Waals surface area (Å²) in [6, 6.07) is 0. The average Bonchev–Trinajstić information content (AvgIpc) is 2.26. The fraction of sp³-hybridized carbons (Fsp3) is 0.818. The molecule has 1 aliphatic heterocycles. The molecule has 76 valence electrons. The van der Waals surface area contributed by atoms with Crippen molar-refractivity contribution >= 4 is 0 Å². The molecule has 2 nitrogen and oxygen atoms in total. The number of nitrogens with zero attached hydrogens (tertiary/aromatic N) is 1. The molecule has 0 bridgehead atoms. The number of rotatable bonds is 2. The van der Waals surface area contributed by atoms with Crippen molar-refractivity contribution < 1.29 is 4.74 Å². The van der Waals surface area contributed by atoms with Gasteiger partial charge in [0.1, 0.15) is 0 Å². The van der Waals surface area contributed by atoms with E-state index in [9.17, 15) is 0 Å². The molecule has 1 heterocycles. The molecule has 2 heteroatoms. The first-order valence-corrected chi connectivity index (χ1v) is 5.03. The largest absolute Gasteiger partial charge is 0.380 e. The highest BCUT2D eigenvalue weighted by Crippen LogP contribution is 2.20. The lowest BCUT2D eigenvalue weighted by Crippen LogP contribution is -2.28. The van der Waals surface area contributed by atoms with Crippen molar-refractivity contribution in [3.63, 3.8) is 0 Å². The summed E-state index contributed by atoms with van der Waals surface area (Å²) in [5, 5.41) is 0. The zero-order valence-electron chi connectivity index (χ0n) is 9.21. The standard InChI is InChI=1S/C11H21NO/c1-9(2)10-5-6-12(3)8-11(7-10)13-4/h5,9,11H,6-8H2,1-4H3/t11-/m1/s1. The van der Waals surface area contributed by atoms with Crippen LogP contribution in [-0.4, -0.2) is 38.3 Å². The van der Waals surface area contributed by atoms with E-state index in [0.29, 0.717) is 12.0 Å². The molecule has 1 aliphatic rings. The first kappa shape index (κ1) is 10.7. The quantitative estimate of drug-likeness (QED) is 0.606. The summed E-state index contributed by atoms with van der Waals surface area (Å²) in [5.41, 5.74) is 1.54. The van der Waals surface area contributed by atoms with Crippen molar-refractivity contribution in [1.82, 2.24) is 4.90 Å².